The van der Waals surface area contributed by atoms with Gasteiger partial charge < -0.3 is 21.3 Å². The SMILES string of the molecule is NC(=O)c1ccc2c(c1)N[CH]N2C1CCC(NCc2ccccc2)CC1. The smallest absolute Gasteiger partial charge is 0.248 e. The second kappa shape index (κ2) is 7.38. The van der Waals surface area contributed by atoms with E-state index in [1.54, 1.807) is 0 Å². The minimum absolute atomic E-state index is 0.391. The first-order valence-electron chi connectivity index (χ1n) is 9.30. The highest BCUT2D eigenvalue weighted by atomic mass is 16.1. The van der Waals surface area contributed by atoms with Gasteiger partial charge in [-0.2, -0.15) is 0 Å². The standard InChI is InChI=1S/C21H25N4O/c22-21(26)16-6-11-20-19(12-16)24-14-25(20)18-9-7-17(8-10-18)23-13-15-4-2-1-3-5-15/h1-6,11-12,14,17-18,23-24H,7-10,13H2,(H2,22,26). The molecule has 4 rings (SSSR count). The summed E-state index contributed by atoms with van der Waals surface area (Å²) < 4.78 is 0. The third-order valence-corrected chi connectivity index (χ3v) is 5.45. The molecule has 26 heavy (non-hydrogen) atoms. The van der Waals surface area contributed by atoms with Gasteiger partial charge in [0.15, 0.2) is 0 Å². The molecule has 0 spiro atoms. The first kappa shape index (κ1) is 16.9. The Morgan fingerprint density at radius 1 is 1.12 bits per heavy atom. The lowest BCUT2D eigenvalue weighted by molar-refractivity contribution is 0.100. The second-order valence-electron chi connectivity index (χ2n) is 7.15. The molecule has 1 saturated carbocycles. The van der Waals surface area contributed by atoms with Crippen molar-refractivity contribution in [2.24, 2.45) is 5.73 Å². The van der Waals surface area contributed by atoms with E-state index in [-0.39, 0.29) is 0 Å². The highest BCUT2D eigenvalue weighted by Crippen LogP contribution is 2.38. The van der Waals surface area contributed by atoms with Crippen molar-refractivity contribution in [3.63, 3.8) is 0 Å². The molecular formula is C21H25N4O. The molecule has 1 amide bonds. The van der Waals surface area contributed by atoms with Crippen molar-refractivity contribution >= 4 is 17.3 Å². The van der Waals surface area contributed by atoms with Crippen LogP contribution in [0.25, 0.3) is 0 Å². The van der Waals surface area contributed by atoms with Crippen LogP contribution in [0.4, 0.5) is 11.4 Å². The molecular weight excluding hydrogens is 324 g/mol. The average molecular weight is 349 g/mol. The molecule has 0 atom stereocenters. The second-order valence-corrected chi connectivity index (χ2v) is 7.15. The Bertz CT molecular complexity index is 769. The van der Waals surface area contributed by atoms with Gasteiger partial charge in [0, 0.05) is 24.2 Å². The van der Waals surface area contributed by atoms with Gasteiger partial charge in [0.1, 0.15) is 6.67 Å². The van der Waals surface area contributed by atoms with Crippen LogP contribution in [-0.2, 0) is 6.54 Å². The van der Waals surface area contributed by atoms with Crippen molar-refractivity contribution in [3.05, 3.63) is 66.3 Å². The summed E-state index contributed by atoms with van der Waals surface area (Å²) in [6.07, 6.45) is 4.66. The molecule has 1 heterocycles. The van der Waals surface area contributed by atoms with E-state index in [1.807, 2.05) is 24.9 Å². The molecule has 0 bridgehead atoms. The largest absolute Gasteiger partial charge is 0.366 e. The quantitative estimate of drug-likeness (QED) is 0.775. The van der Waals surface area contributed by atoms with Crippen LogP contribution in [0.1, 0.15) is 41.6 Å². The van der Waals surface area contributed by atoms with E-state index >= 15 is 0 Å². The summed E-state index contributed by atoms with van der Waals surface area (Å²) in [6.45, 7) is 2.96. The van der Waals surface area contributed by atoms with Gasteiger partial charge in [-0.1, -0.05) is 30.3 Å². The molecule has 4 N–H and O–H groups in total. The van der Waals surface area contributed by atoms with Crippen molar-refractivity contribution in [1.29, 1.82) is 0 Å². The van der Waals surface area contributed by atoms with Gasteiger partial charge in [-0.15, -0.1) is 0 Å². The Labute approximate surface area is 154 Å². The summed E-state index contributed by atoms with van der Waals surface area (Å²) in [4.78, 5) is 13.7. The van der Waals surface area contributed by atoms with Gasteiger partial charge >= 0.3 is 0 Å². The topological polar surface area (TPSA) is 70.4 Å². The predicted molar refractivity (Wildman–Crippen MR) is 105 cm³/mol. The Morgan fingerprint density at radius 3 is 2.62 bits per heavy atom. The minimum atomic E-state index is -0.391. The van der Waals surface area contributed by atoms with Gasteiger partial charge in [-0.3, -0.25) is 4.79 Å². The molecule has 2 aromatic rings. The highest BCUT2D eigenvalue weighted by Gasteiger charge is 2.30. The maximum atomic E-state index is 11.3. The number of carbonyl (C=O) groups excluding carboxylic acids is 1. The van der Waals surface area contributed by atoms with Crippen molar-refractivity contribution in [2.75, 3.05) is 10.2 Å². The fraction of sp³-hybridized carbons (Fsp3) is 0.333. The lowest BCUT2D eigenvalue weighted by Gasteiger charge is -2.35. The molecule has 1 radical (unpaired) electrons. The fourth-order valence-electron chi connectivity index (χ4n) is 3.96. The van der Waals surface area contributed by atoms with Crippen molar-refractivity contribution in [1.82, 2.24) is 5.32 Å². The van der Waals surface area contributed by atoms with Crippen LogP contribution >= 0.6 is 0 Å². The Balaban J connectivity index is 1.33. The van der Waals surface area contributed by atoms with Crippen LogP contribution < -0.4 is 21.3 Å². The molecule has 1 fully saturated rings. The van der Waals surface area contributed by atoms with Crippen molar-refractivity contribution < 1.29 is 4.79 Å². The molecule has 0 unspecified atom stereocenters. The number of primary amides is 1. The van der Waals surface area contributed by atoms with E-state index in [0.717, 1.165) is 30.8 Å². The summed E-state index contributed by atoms with van der Waals surface area (Å²) in [7, 11) is 0. The van der Waals surface area contributed by atoms with Crippen molar-refractivity contribution in [2.45, 2.75) is 44.3 Å². The summed E-state index contributed by atoms with van der Waals surface area (Å²) in [5, 5.41) is 6.97. The Morgan fingerprint density at radius 2 is 1.88 bits per heavy atom. The van der Waals surface area contributed by atoms with E-state index in [4.69, 9.17) is 5.73 Å². The van der Waals surface area contributed by atoms with Crippen LogP contribution in [0, 0.1) is 6.67 Å². The number of nitrogens with zero attached hydrogens (tertiary/aromatic N) is 1. The van der Waals surface area contributed by atoms with Crippen LogP contribution in [-0.4, -0.2) is 18.0 Å². The third-order valence-electron chi connectivity index (χ3n) is 5.45. The van der Waals surface area contributed by atoms with E-state index in [9.17, 15) is 4.79 Å². The van der Waals surface area contributed by atoms with Gasteiger partial charge in [-0.05, 0) is 49.4 Å². The highest BCUT2D eigenvalue weighted by molar-refractivity contribution is 5.96. The van der Waals surface area contributed by atoms with E-state index < -0.39 is 5.91 Å². The van der Waals surface area contributed by atoms with Crippen LogP contribution in [0.3, 0.4) is 0 Å². The fourth-order valence-corrected chi connectivity index (χ4v) is 3.96. The number of hydrogen-bond acceptors (Lipinski definition) is 4. The van der Waals surface area contributed by atoms with E-state index in [0.29, 0.717) is 17.6 Å². The molecule has 2 aromatic carbocycles. The number of anilines is 2. The van der Waals surface area contributed by atoms with Crippen LogP contribution in [0.5, 0.6) is 0 Å². The predicted octanol–water partition coefficient (Wildman–Crippen LogP) is 3.24. The molecule has 2 aliphatic rings. The number of nitrogens with one attached hydrogen (secondary N) is 2. The number of rotatable bonds is 5. The Hall–Kier alpha value is -2.53. The monoisotopic (exact) mass is 349 g/mol. The first-order chi connectivity index (χ1) is 12.7. The van der Waals surface area contributed by atoms with Gasteiger partial charge in [0.05, 0.1) is 11.4 Å². The van der Waals surface area contributed by atoms with Gasteiger partial charge in [0.25, 0.3) is 0 Å². The maximum absolute atomic E-state index is 11.3. The zero-order valence-electron chi connectivity index (χ0n) is 14.8. The number of hydrogen-bond donors (Lipinski definition) is 3. The third kappa shape index (κ3) is 3.53. The summed E-state index contributed by atoms with van der Waals surface area (Å²) in [6, 6.07) is 17.3. The zero-order chi connectivity index (χ0) is 17.9. The average Bonchev–Trinajstić information content (AvgIpc) is 3.11. The molecule has 135 valence electrons. The van der Waals surface area contributed by atoms with E-state index in [1.165, 1.54) is 18.4 Å². The Kier molecular flexibility index (Phi) is 4.80. The lowest BCUT2D eigenvalue weighted by atomic mass is 9.90. The van der Waals surface area contributed by atoms with Crippen molar-refractivity contribution in [3.8, 4) is 0 Å². The molecule has 0 saturated heterocycles. The molecule has 1 aliphatic heterocycles. The normalized spacial score (nSPS) is 21.9. The molecule has 1 aliphatic carbocycles. The van der Waals surface area contributed by atoms with Gasteiger partial charge in [-0.25, -0.2) is 0 Å². The lowest BCUT2D eigenvalue weighted by Crippen LogP contribution is -2.40. The number of amides is 1. The molecule has 5 nitrogen and oxygen atoms in total. The summed E-state index contributed by atoms with van der Waals surface area (Å²) >= 11 is 0. The van der Waals surface area contributed by atoms with Crippen LogP contribution in [0.15, 0.2) is 48.5 Å². The number of fused-ring (bicyclic) bond motifs is 1. The minimum Gasteiger partial charge on any atom is -0.366 e. The zero-order valence-corrected chi connectivity index (χ0v) is 14.8. The maximum Gasteiger partial charge on any atom is 0.248 e. The van der Waals surface area contributed by atoms with Gasteiger partial charge in [0.2, 0.25) is 5.91 Å². The number of carbonyl (C=O) groups is 1. The summed E-state index contributed by atoms with van der Waals surface area (Å²) in [5.74, 6) is -0.391. The summed E-state index contributed by atoms with van der Waals surface area (Å²) in [5.41, 5.74) is 9.35. The first-order valence-corrected chi connectivity index (χ1v) is 9.30. The molecule has 0 aromatic heterocycles. The number of nitrogens with two attached hydrogens (primary N) is 1. The van der Waals surface area contributed by atoms with E-state index in [2.05, 4.69) is 45.9 Å². The molecule has 5 heteroatoms. The number of benzene rings is 2. The van der Waals surface area contributed by atoms with Crippen LogP contribution in [0.2, 0.25) is 0 Å².